The van der Waals surface area contributed by atoms with Gasteiger partial charge in [-0.25, -0.2) is 0 Å². The quantitative estimate of drug-likeness (QED) is 0.549. The summed E-state index contributed by atoms with van der Waals surface area (Å²) in [7, 11) is 0. The molecule has 2 nitrogen and oxygen atoms in total. The minimum Gasteiger partial charge on any atom is -0.330 e. The molecule has 0 aliphatic carbocycles. The molecule has 0 unspecified atom stereocenters. The zero-order valence-corrected chi connectivity index (χ0v) is 9.51. The topological polar surface area (TPSA) is 27.1 Å². The molecular formula is C13H18N2. The third-order valence-electron chi connectivity index (χ3n) is 3.01. The van der Waals surface area contributed by atoms with E-state index in [2.05, 4.69) is 30.0 Å². The van der Waals surface area contributed by atoms with Crippen LogP contribution in [0.3, 0.4) is 0 Å². The van der Waals surface area contributed by atoms with E-state index in [0.717, 1.165) is 25.2 Å². The van der Waals surface area contributed by atoms with Gasteiger partial charge in [-0.1, -0.05) is 24.6 Å². The first-order valence-electron chi connectivity index (χ1n) is 5.67. The molecule has 1 aliphatic rings. The molecule has 1 heterocycles. The number of benzene rings is 1. The van der Waals surface area contributed by atoms with Crippen molar-refractivity contribution in [1.82, 2.24) is 0 Å². The van der Waals surface area contributed by atoms with Gasteiger partial charge in [0.25, 0.3) is 0 Å². The number of hydrogen-bond acceptors (Lipinski definition) is 1. The second kappa shape index (κ2) is 4.05. The van der Waals surface area contributed by atoms with Crippen LogP contribution in [0.2, 0.25) is 0 Å². The molecule has 15 heavy (non-hydrogen) atoms. The number of nitrogens with one attached hydrogen (secondary N) is 1. The summed E-state index contributed by atoms with van der Waals surface area (Å²) in [6.07, 6.45) is 3.14. The van der Waals surface area contributed by atoms with E-state index in [1.807, 2.05) is 6.92 Å². The third-order valence-corrected chi connectivity index (χ3v) is 3.01. The Morgan fingerprint density at radius 3 is 3.00 bits per heavy atom. The Hall–Kier alpha value is -1.31. The van der Waals surface area contributed by atoms with Gasteiger partial charge in [-0.15, -0.1) is 0 Å². The first kappa shape index (κ1) is 10.2. The van der Waals surface area contributed by atoms with Crippen LogP contribution in [0.15, 0.2) is 18.2 Å². The molecule has 0 atom stereocenters. The van der Waals surface area contributed by atoms with Crippen LogP contribution in [-0.2, 0) is 6.42 Å². The second-order valence-electron chi connectivity index (χ2n) is 4.19. The fourth-order valence-corrected chi connectivity index (χ4v) is 2.20. The maximum Gasteiger partial charge on any atom is 0.0999 e. The maximum absolute atomic E-state index is 7.94. The lowest BCUT2D eigenvalue weighted by molar-refractivity contribution is 0.769. The Morgan fingerprint density at radius 2 is 2.27 bits per heavy atom. The molecule has 0 amide bonds. The molecule has 0 bridgehead atoms. The number of hydrogen-bond donors (Lipinski definition) is 1. The average Bonchev–Trinajstić information content (AvgIpc) is 2.26. The van der Waals surface area contributed by atoms with E-state index in [1.165, 1.54) is 23.2 Å². The summed E-state index contributed by atoms with van der Waals surface area (Å²) in [6, 6.07) is 6.55. The molecule has 0 spiro atoms. The zero-order chi connectivity index (χ0) is 10.8. The van der Waals surface area contributed by atoms with Crippen molar-refractivity contribution >= 4 is 11.5 Å². The summed E-state index contributed by atoms with van der Waals surface area (Å²) in [5.74, 6) is 0.736. The zero-order valence-electron chi connectivity index (χ0n) is 9.51. The number of anilines is 1. The van der Waals surface area contributed by atoms with Gasteiger partial charge in [-0.05, 0) is 31.4 Å². The van der Waals surface area contributed by atoms with Crippen LogP contribution in [0.1, 0.15) is 30.9 Å². The monoisotopic (exact) mass is 202 g/mol. The van der Waals surface area contributed by atoms with E-state index >= 15 is 0 Å². The van der Waals surface area contributed by atoms with Gasteiger partial charge < -0.3 is 4.90 Å². The largest absolute Gasteiger partial charge is 0.330 e. The Kier molecular flexibility index (Phi) is 2.76. The summed E-state index contributed by atoms with van der Waals surface area (Å²) in [5, 5.41) is 7.94. The lowest BCUT2D eigenvalue weighted by Gasteiger charge is -2.31. The summed E-state index contributed by atoms with van der Waals surface area (Å²) in [4.78, 5) is 2.15. The van der Waals surface area contributed by atoms with Gasteiger partial charge in [0, 0.05) is 18.7 Å². The predicted molar refractivity (Wildman–Crippen MR) is 64.9 cm³/mol. The molecule has 0 fully saturated rings. The lowest BCUT2D eigenvalue weighted by Crippen LogP contribution is -2.34. The van der Waals surface area contributed by atoms with Crippen molar-refractivity contribution in [3.63, 3.8) is 0 Å². The van der Waals surface area contributed by atoms with Crippen LogP contribution in [0.25, 0.3) is 0 Å². The maximum atomic E-state index is 7.94. The van der Waals surface area contributed by atoms with Crippen molar-refractivity contribution in [3.05, 3.63) is 29.3 Å². The van der Waals surface area contributed by atoms with Gasteiger partial charge in [-0.3, -0.25) is 5.41 Å². The molecule has 2 heteroatoms. The smallest absolute Gasteiger partial charge is 0.0999 e. The molecular weight excluding hydrogens is 184 g/mol. The van der Waals surface area contributed by atoms with Gasteiger partial charge in [-0.2, -0.15) is 0 Å². The van der Waals surface area contributed by atoms with Crippen molar-refractivity contribution in [2.75, 3.05) is 11.4 Å². The Bertz CT molecular complexity index is 382. The fourth-order valence-electron chi connectivity index (χ4n) is 2.20. The summed E-state index contributed by atoms with van der Waals surface area (Å²) in [5.41, 5.74) is 3.97. The van der Waals surface area contributed by atoms with Crippen molar-refractivity contribution < 1.29 is 0 Å². The number of rotatable bonds is 1. The highest BCUT2D eigenvalue weighted by Gasteiger charge is 2.18. The summed E-state index contributed by atoms with van der Waals surface area (Å²) in [6.45, 7) is 5.18. The standard InChI is InChI=1S/C13H18N2/c1-3-13(14)15-8-4-5-11-9-10(2)6-7-12(11)15/h6-7,9,14H,3-5,8H2,1-2H3. The molecule has 80 valence electrons. The van der Waals surface area contributed by atoms with E-state index in [-0.39, 0.29) is 0 Å². The number of aryl methyl sites for hydroxylation is 2. The normalized spacial score (nSPS) is 14.9. The molecule has 0 radical (unpaired) electrons. The highest BCUT2D eigenvalue weighted by Crippen LogP contribution is 2.28. The van der Waals surface area contributed by atoms with E-state index in [0.29, 0.717) is 0 Å². The molecule has 0 saturated heterocycles. The van der Waals surface area contributed by atoms with E-state index < -0.39 is 0 Å². The van der Waals surface area contributed by atoms with Crippen LogP contribution in [-0.4, -0.2) is 12.4 Å². The molecule has 2 rings (SSSR count). The van der Waals surface area contributed by atoms with Gasteiger partial charge in [0.15, 0.2) is 0 Å². The Balaban J connectivity index is 2.38. The van der Waals surface area contributed by atoms with Crippen LogP contribution in [0.4, 0.5) is 5.69 Å². The SMILES string of the molecule is CCC(=N)N1CCCc2cc(C)ccc21. The van der Waals surface area contributed by atoms with E-state index in [9.17, 15) is 0 Å². The summed E-state index contributed by atoms with van der Waals surface area (Å²) < 4.78 is 0. The fraction of sp³-hybridized carbons (Fsp3) is 0.462. The predicted octanol–water partition coefficient (Wildman–Crippen LogP) is 3.13. The highest BCUT2D eigenvalue weighted by atomic mass is 15.2. The first-order chi connectivity index (χ1) is 7.22. The van der Waals surface area contributed by atoms with Crippen molar-refractivity contribution in [3.8, 4) is 0 Å². The van der Waals surface area contributed by atoms with Gasteiger partial charge in [0.1, 0.15) is 0 Å². The second-order valence-corrected chi connectivity index (χ2v) is 4.19. The van der Waals surface area contributed by atoms with Crippen LogP contribution < -0.4 is 4.90 Å². The number of nitrogens with zero attached hydrogens (tertiary/aromatic N) is 1. The Labute approximate surface area is 91.4 Å². The van der Waals surface area contributed by atoms with Gasteiger partial charge in [0.2, 0.25) is 0 Å². The molecule has 0 saturated carbocycles. The van der Waals surface area contributed by atoms with Crippen molar-refractivity contribution in [1.29, 1.82) is 5.41 Å². The Morgan fingerprint density at radius 1 is 1.47 bits per heavy atom. The van der Waals surface area contributed by atoms with Gasteiger partial charge >= 0.3 is 0 Å². The summed E-state index contributed by atoms with van der Waals surface area (Å²) >= 11 is 0. The van der Waals surface area contributed by atoms with Crippen molar-refractivity contribution in [2.45, 2.75) is 33.1 Å². The van der Waals surface area contributed by atoms with Crippen molar-refractivity contribution in [2.24, 2.45) is 0 Å². The highest BCUT2D eigenvalue weighted by molar-refractivity contribution is 5.96. The molecule has 1 aliphatic heterocycles. The minimum atomic E-state index is 0.736. The molecule has 1 aromatic carbocycles. The first-order valence-corrected chi connectivity index (χ1v) is 5.67. The molecule has 0 aromatic heterocycles. The molecule has 1 aromatic rings. The van der Waals surface area contributed by atoms with E-state index in [1.54, 1.807) is 0 Å². The number of fused-ring (bicyclic) bond motifs is 1. The molecule has 1 N–H and O–H groups in total. The van der Waals surface area contributed by atoms with Gasteiger partial charge in [0.05, 0.1) is 5.84 Å². The van der Waals surface area contributed by atoms with Crippen LogP contribution >= 0.6 is 0 Å². The lowest BCUT2D eigenvalue weighted by atomic mass is 9.99. The van der Waals surface area contributed by atoms with E-state index in [4.69, 9.17) is 5.41 Å². The number of amidine groups is 1. The third kappa shape index (κ3) is 1.89. The van der Waals surface area contributed by atoms with Crippen LogP contribution in [0, 0.1) is 12.3 Å². The minimum absolute atomic E-state index is 0.736. The van der Waals surface area contributed by atoms with Crippen LogP contribution in [0.5, 0.6) is 0 Å². The average molecular weight is 202 g/mol.